The Labute approximate surface area is 163 Å². The van der Waals surface area contributed by atoms with Crippen LogP contribution in [0.2, 0.25) is 0 Å². The Hall–Kier alpha value is -3.74. The summed E-state index contributed by atoms with van der Waals surface area (Å²) >= 11 is 0. The normalized spacial score (nSPS) is 11.2. The SMILES string of the molecule is CN(C)c1ccc(/C=N\Nc2ncnc3c2cnn3Cc2ccccc2)cc1. The highest BCUT2D eigenvalue weighted by Gasteiger charge is 2.09. The highest BCUT2D eigenvalue weighted by molar-refractivity contribution is 5.87. The van der Waals surface area contributed by atoms with E-state index in [0.717, 1.165) is 22.3 Å². The molecule has 2 aromatic carbocycles. The van der Waals surface area contributed by atoms with Gasteiger partial charge >= 0.3 is 0 Å². The zero-order chi connectivity index (χ0) is 19.3. The van der Waals surface area contributed by atoms with Crippen molar-refractivity contribution in [2.24, 2.45) is 5.10 Å². The molecule has 28 heavy (non-hydrogen) atoms. The van der Waals surface area contributed by atoms with Crippen LogP contribution in [0.1, 0.15) is 11.1 Å². The summed E-state index contributed by atoms with van der Waals surface area (Å²) < 4.78 is 1.86. The maximum Gasteiger partial charge on any atom is 0.163 e. The number of aromatic nitrogens is 4. The molecule has 0 aliphatic rings. The summed E-state index contributed by atoms with van der Waals surface area (Å²) in [5, 5.41) is 9.61. The van der Waals surface area contributed by atoms with Crippen LogP contribution in [-0.2, 0) is 6.54 Å². The second-order valence-corrected chi connectivity index (χ2v) is 6.60. The van der Waals surface area contributed by atoms with E-state index in [1.165, 1.54) is 11.9 Å². The van der Waals surface area contributed by atoms with E-state index in [1.54, 1.807) is 12.4 Å². The lowest BCUT2D eigenvalue weighted by molar-refractivity contribution is 0.704. The third-order valence-corrected chi connectivity index (χ3v) is 4.40. The molecule has 0 fully saturated rings. The number of benzene rings is 2. The molecule has 7 heteroatoms. The molecule has 0 amide bonds. The third-order valence-electron chi connectivity index (χ3n) is 4.40. The zero-order valence-electron chi connectivity index (χ0n) is 15.8. The summed E-state index contributed by atoms with van der Waals surface area (Å²) in [4.78, 5) is 10.7. The second kappa shape index (κ2) is 7.87. The van der Waals surface area contributed by atoms with Crippen molar-refractivity contribution in [3.63, 3.8) is 0 Å². The van der Waals surface area contributed by atoms with Crippen LogP contribution in [-0.4, -0.2) is 40.1 Å². The summed E-state index contributed by atoms with van der Waals surface area (Å²) in [6, 6.07) is 18.3. The van der Waals surface area contributed by atoms with Crippen LogP contribution in [0.5, 0.6) is 0 Å². The van der Waals surface area contributed by atoms with E-state index in [9.17, 15) is 0 Å². The van der Waals surface area contributed by atoms with Crippen molar-refractivity contribution in [1.82, 2.24) is 19.7 Å². The van der Waals surface area contributed by atoms with Gasteiger partial charge < -0.3 is 4.90 Å². The molecule has 0 radical (unpaired) electrons. The smallest absolute Gasteiger partial charge is 0.163 e. The van der Waals surface area contributed by atoms with Gasteiger partial charge in [0.2, 0.25) is 0 Å². The van der Waals surface area contributed by atoms with Gasteiger partial charge in [0.1, 0.15) is 6.33 Å². The molecule has 0 aliphatic heterocycles. The standard InChI is InChI=1S/C21H21N7/c1-27(2)18-10-8-16(9-11-18)12-24-26-20-19-13-25-28(21(19)23-15-22-20)14-17-6-4-3-5-7-17/h3-13,15H,14H2,1-2H3,(H,22,23,26)/b24-12-. The van der Waals surface area contributed by atoms with Crippen LogP contribution < -0.4 is 10.3 Å². The Morgan fingerprint density at radius 2 is 1.82 bits per heavy atom. The van der Waals surface area contributed by atoms with Crippen molar-refractivity contribution >= 4 is 28.8 Å². The van der Waals surface area contributed by atoms with Gasteiger partial charge in [-0.05, 0) is 23.3 Å². The number of nitrogens with one attached hydrogen (secondary N) is 1. The van der Waals surface area contributed by atoms with Crippen molar-refractivity contribution in [2.75, 3.05) is 24.4 Å². The summed E-state index contributed by atoms with van der Waals surface area (Å²) in [6.07, 6.45) is 5.05. The molecule has 2 heterocycles. The van der Waals surface area contributed by atoms with Crippen molar-refractivity contribution in [3.05, 3.63) is 78.2 Å². The predicted octanol–water partition coefficient (Wildman–Crippen LogP) is 3.39. The van der Waals surface area contributed by atoms with Crippen molar-refractivity contribution in [2.45, 2.75) is 6.54 Å². The van der Waals surface area contributed by atoms with Crippen LogP contribution in [0.3, 0.4) is 0 Å². The summed E-state index contributed by atoms with van der Waals surface area (Å²) in [6.45, 7) is 0.655. The molecule has 4 aromatic rings. The summed E-state index contributed by atoms with van der Waals surface area (Å²) in [5.74, 6) is 0.630. The quantitative estimate of drug-likeness (QED) is 0.416. The molecule has 0 spiro atoms. The highest BCUT2D eigenvalue weighted by Crippen LogP contribution is 2.19. The molecule has 1 N–H and O–H groups in total. The van der Waals surface area contributed by atoms with E-state index >= 15 is 0 Å². The molecular weight excluding hydrogens is 350 g/mol. The van der Waals surface area contributed by atoms with E-state index in [4.69, 9.17) is 0 Å². The van der Waals surface area contributed by atoms with Crippen LogP contribution in [0, 0.1) is 0 Å². The topological polar surface area (TPSA) is 71.2 Å². The fraction of sp³-hybridized carbons (Fsp3) is 0.143. The van der Waals surface area contributed by atoms with Gasteiger partial charge in [-0.1, -0.05) is 42.5 Å². The second-order valence-electron chi connectivity index (χ2n) is 6.60. The van der Waals surface area contributed by atoms with Crippen LogP contribution in [0.25, 0.3) is 11.0 Å². The molecular formula is C21H21N7. The number of fused-ring (bicyclic) bond motifs is 1. The lowest BCUT2D eigenvalue weighted by atomic mass is 10.2. The van der Waals surface area contributed by atoms with Crippen molar-refractivity contribution < 1.29 is 0 Å². The molecule has 0 aliphatic carbocycles. The summed E-state index contributed by atoms with van der Waals surface area (Å²) in [7, 11) is 4.03. The first-order chi connectivity index (χ1) is 13.7. The van der Waals surface area contributed by atoms with E-state index in [0.29, 0.717) is 12.4 Å². The Balaban J connectivity index is 1.51. The van der Waals surface area contributed by atoms with Gasteiger partial charge in [-0.3, -0.25) is 5.43 Å². The van der Waals surface area contributed by atoms with Gasteiger partial charge in [0.15, 0.2) is 11.5 Å². The highest BCUT2D eigenvalue weighted by atomic mass is 15.3. The molecule has 0 saturated carbocycles. The number of rotatable bonds is 6. The fourth-order valence-electron chi connectivity index (χ4n) is 2.88. The molecule has 0 atom stereocenters. The molecule has 140 valence electrons. The lowest BCUT2D eigenvalue weighted by Gasteiger charge is -2.11. The average molecular weight is 371 g/mol. The van der Waals surface area contributed by atoms with Crippen LogP contribution >= 0.6 is 0 Å². The van der Waals surface area contributed by atoms with Crippen LogP contribution in [0.4, 0.5) is 11.5 Å². The van der Waals surface area contributed by atoms with E-state index < -0.39 is 0 Å². The van der Waals surface area contributed by atoms with Gasteiger partial charge in [-0.25, -0.2) is 14.6 Å². The van der Waals surface area contributed by atoms with Gasteiger partial charge in [-0.2, -0.15) is 10.2 Å². The van der Waals surface area contributed by atoms with Gasteiger partial charge in [0, 0.05) is 19.8 Å². The first-order valence-electron chi connectivity index (χ1n) is 8.97. The molecule has 0 unspecified atom stereocenters. The van der Waals surface area contributed by atoms with Gasteiger partial charge in [-0.15, -0.1) is 0 Å². The Bertz CT molecular complexity index is 1080. The maximum atomic E-state index is 4.46. The first-order valence-corrected chi connectivity index (χ1v) is 8.97. The van der Waals surface area contributed by atoms with Crippen molar-refractivity contribution in [3.8, 4) is 0 Å². The molecule has 0 bridgehead atoms. The predicted molar refractivity (Wildman–Crippen MR) is 113 cm³/mol. The first kappa shape index (κ1) is 17.7. The van der Waals surface area contributed by atoms with Gasteiger partial charge in [0.05, 0.1) is 24.3 Å². The molecule has 2 aromatic heterocycles. The minimum absolute atomic E-state index is 0.630. The number of anilines is 2. The van der Waals surface area contributed by atoms with E-state index in [-0.39, 0.29) is 0 Å². The van der Waals surface area contributed by atoms with Crippen LogP contribution in [0.15, 0.2) is 72.2 Å². The number of hydrogen-bond acceptors (Lipinski definition) is 6. The monoisotopic (exact) mass is 371 g/mol. The lowest BCUT2D eigenvalue weighted by Crippen LogP contribution is -2.08. The van der Waals surface area contributed by atoms with E-state index in [1.807, 2.05) is 49.1 Å². The van der Waals surface area contributed by atoms with E-state index in [2.05, 4.69) is 54.8 Å². The Morgan fingerprint density at radius 1 is 1.04 bits per heavy atom. The Morgan fingerprint density at radius 3 is 2.57 bits per heavy atom. The zero-order valence-corrected chi connectivity index (χ0v) is 15.8. The third kappa shape index (κ3) is 3.83. The summed E-state index contributed by atoms with van der Waals surface area (Å²) in [5.41, 5.74) is 7.09. The Kier molecular flexibility index (Phi) is 4.97. The average Bonchev–Trinajstić information content (AvgIpc) is 3.13. The minimum Gasteiger partial charge on any atom is -0.378 e. The fourth-order valence-corrected chi connectivity index (χ4v) is 2.88. The number of hydrogen-bond donors (Lipinski definition) is 1. The number of nitrogens with zero attached hydrogens (tertiary/aromatic N) is 6. The molecule has 4 rings (SSSR count). The number of hydrazone groups is 1. The largest absolute Gasteiger partial charge is 0.378 e. The maximum absolute atomic E-state index is 4.46. The van der Waals surface area contributed by atoms with Gasteiger partial charge in [0.25, 0.3) is 0 Å². The molecule has 7 nitrogen and oxygen atoms in total. The minimum atomic E-state index is 0.630. The van der Waals surface area contributed by atoms with Crippen molar-refractivity contribution in [1.29, 1.82) is 0 Å². The molecule has 0 saturated heterocycles.